The molecule has 124 valence electrons. The van der Waals surface area contributed by atoms with Gasteiger partial charge in [-0.25, -0.2) is 0 Å². The average Bonchev–Trinajstić information content (AvgIpc) is 3.00. The van der Waals surface area contributed by atoms with Crippen LogP contribution < -0.4 is 10.6 Å². The molecule has 1 aromatic carbocycles. The summed E-state index contributed by atoms with van der Waals surface area (Å²) in [5.74, 6) is -0.000294. The molecule has 0 aromatic heterocycles. The van der Waals surface area contributed by atoms with E-state index in [-0.39, 0.29) is 24.2 Å². The molecule has 4 nitrogen and oxygen atoms in total. The molecular formula is C17H27ClN2O2. The summed E-state index contributed by atoms with van der Waals surface area (Å²) < 4.78 is 5.88. The highest BCUT2D eigenvalue weighted by molar-refractivity contribution is 5.92. The molecule has 5 heteroatoms. The van der Waals surface area contributed by atoms with Crippen LogP contribution in [0.25, 0.3) is 0 Å². The second-order valence-corrected chi connectivity index (χ2v) is 5.86. The SMILES string of the molecule is CNCC(C)C(=O)Nc1ccc(COC2CCCC2)cc1.Cl. The van der Waals surface area contributed by atoms with E-state index in [1.807, 2.05) is 38.2 Å². The van der Waals surface area contributed by atoms with E-state index in [9.17, 15) is 4.79 Å². The Labute approximate surface area is 139 Å². The predicted molar refractivity (Wildman–Crippen MR) is 92.5 cm³/mol. The van der Waals surface area contributed by atoms with Crippen molar-refractivity contribution in [1.29, 1.82) is 0 Å². The molecule has 0 bridgehead atoms. The number of halogens is 1. The molecule has 1 aliphatic carbocycles. The van der Waals surface area contributed by atoms with Crippen LogP contribution in [0.15, 0.2) is 24.3 Å². The third kappa shape index (κ3) is 5.95. The van der Waals surface area contributed by atoms with Crippen LogP contribution in [0.2, 0.25) is 0 Å². The molecule has 0 saturated heterocycles. The largest absolute Gasteiger partial charge is 0.374 e. The molecular weight excluding hydrogens is 300 g/mol. The van der Waals surface area contributed by atoms with E-state index >= 15 is 0 Å². The number of rotatable bonds is 7. The highest BCUT2D eigenvalue weighted by Gasteiger charge is 2.15. The molecule has 0 aliphatic heterocycles. The monoisotopic (exact) mass is 326 g/mol. The number of anilines is 1. The normalized spacial score (nSPS) is 16.1. The van der Waals surface area contributed by atoms with Gasteiger partial charge in [0.05, 0.1) is 12.7 Å². The Morgan fingerprint density at radius 3 is 2.50 bits per heavy atom. The van der Waals surface area contributed by atoms with Crippen molar-refractivity contribution in [2.24, 2.45) is 5.92 Å². The molecule has 1 aromatic rings. The first kappa shape index (κ1) is 18.9. The molecule has 1 unspecified atom stereocenters. The van der Waals surface area contributed by atoms with Crippen molar-refractivity contribution in [3.05, 3.63) is 29.8 Å². The minimum atomic E-state index is -0.0413. The predicted octanol–water partition coefficient (Wildman–Crippen LogP) is 3.36. The molecule has 1 amide bonds. The van der Waals surface area contributed by atoms with Gasteiger partial charge in [-0.3, -0.25) is 4.79 Å². The van der Waals surface area contributed by atoms with E-state index in [0.717, 1.165) is 11.3 Å². The van der Waals surface area contributed by atoms with Gasteiger partial charge in [-0.15, -0.1) is 12.4 Å². The van der Waals surface area contributed by atoms with Gasteiger partial charge in [0.1, 0.15) is 0 Å². The lowest BCUT2D eigenvalue weighted by Gasteiger charge is -2.13. The zero-order valence-electron chi connectivity index (χ0n) is 13.4. The number of carbonyl (C=O) groups is 1. The molecule has 22 heavy (non-hydrogen) atoms. The number of carbonyl (C=O) groups excluding carboxylic acids is 1. The summed E-state index contributed by atoms with van der Waals surface area (Å²) in [4.78, 5) is 11.9. The number of hydrogen-bond donors (Lipinski definition) is 2. The Bertz CT molecular complexity index is 444. The maximum atomic E-state index is 11.9. The Morgan fingerprint density at radius 1 is 1.27 bits per heavy atom. The second kappa shape index (κ2) is 9.82. The highest BCUT2D eigenvalue weighted by atomic mass is 35.5. The molecule has 1 fully saturated rings. The third-order valence-corrected chi connectivity index (χ3v) is 3.97. The quantitative estimate of drug-likeness (QED) is 0.807. The number of amides is 1. The van der Waals surface area contributed by atoms with Gasteiger partial charge in [-0.1, -0.05) is 31.9 Å². The maximum absolute atomic E-state index is 11.9. The molecule has 2 rings (SSSR count). The smallest absolute Gasteiger partial charge is 0.228 e. The van der Waals surface area contributed by atoms with Gasteiger partial charge in [0.2, 0.25) is 5.91 Å². The van der Waals surface area contributed by atoms with Gasteiger partial charge in [-0.05, 0) is 37.6 Å². The first-order valence-electron chi connectivity index (χ1n) is 7.85. The number of benzene rings is 1. The first-order chi connectivity index (χ1) is 10.2. The highest BCUT2D eigenvalue weighted by Crippen LogP contribution is 2.22. The Balaban J connectivity index is 0.00000242. The zero-order chi connectivity index (χ0) is 15.1. The lowest BCUT2D eigenvalue weighted by Crippen LogP contribution is -2.28. The lowest BCUT2D eigenvalue weighted by atomic mass is 10.1. The Morgan fingerprint density at radius 2 is 1.91 bits per heavy atom. The van der Waals surface area contributed by atoms with Crippen molar-refractivity contribution < 1.29 is 9.53 Å². The molecule has 1 saturated carbocycles. The summed E-state index contributed by atoms with van der Waals surface area (Å²) in [6.45, 7) is 3.25. The van der Waals surface area contributed by atoms with Crippen molar-refractivity contribution in [1.82, 2.24) is 5.32 Å². The Hall–Kier alpha value is -1.10. The van der Waals surface area contributed by atoms with Crippen molar-refractivity contribution in [2.45, 2.75) is 45.3 Å². The van der Waals surface area contributed by atoms with E-state index in [0.29, 0.717) is 19.3 Å². The summed E-state index contributed by atoms with van der Waals surface area (Å²) in [7, 11) is 1.85. The van der Waals surface area contributed by atoms with Crippen LogP contribution in [0.4, 0.5) is 5.69 Å². The van der Waals surface area contributed by atoms with E-state index in [2.05, 4.69) is 10.6 Å². The third-order valence-electron chi connectivity index (χ3n) is 3.97. The number of nitrogens with one attached hydrogen (secondary N) is 2. The van der Waals surface area contributed by atoms with Crippen molar-refractivity contribution >= 4 is 24.0 Å². The van der Waals surface area contributed by atoms with Crippen molar-refractivity contribution in [3.8, 4) is 0 Å². The molecule has 1 atom stereocenters. The summed E-state index contributed by atoms with van der Waals surface area (Å²) in [6.07, 6.45) is 5.40. The van der Waals surface area contributed by atoms with Crippen LogP contribution in [0.3, 0.4) is 0 Å². The van der Waals surface area contributed by atoms with Gasteiger partial charge in [0, 0.05) is 18.2 Å². The van der Waals surface area contributed by atoms with E-state index in [1.54, 1.807) is 0 Å². The summed E-state index contributed by atoms with van der Waals surface area (Å²) in [6, 6.07) is 7.93. The van der Waals surface area contributed by atoms with Crippen LogP contribution in [0.5, 0.6) is 0 Å². The topological polar surface area (TPSA) is 50.4 Å². The number of hydrogen-bond acceptors (Lipinski definition) is 3. The zero-order valence-corrected chi connectivity index (χ0v) is 14.2. The fourth-order valence-electron chi connectivity index (χ4n) is 2.62. The minimum Gasteiger partial charge on any atom is -0.374 e. The fourth-order valence-corrected chi connectivity index (χ4v) is 2.62. The van der Waals surface area contributed by atoms with Gasteiger partial charge in [0.15, 0.2) is 0 Å². The van der Waals surface area contributed by atoms with Gasteiger partial charge in [0.25, 0.3) is 0 Å². The molecule has 1 aliphatic rings. The first-order valence-corrected chi connectivity index (χ1v) is 7.85. The second-order valence-electron chi connectivity index (χ2n) is 5.86. The van der Waals surface area contributed by atoms with Gasteiger partial charge in [-0.2, -0.15) is 0 Å². The van der Waals surface area contributed by atoms with Gasteiger partial charge >= 0.3 is 0 Å². The summed E-state index contributed by atoms with van der Waals surface area (Å²) in [5.41, 5.74) is 2.00. The molecule has 0 heterocycles. The van der Waals surface area contributed by atoms with E-state index in [1.165, 1.54) is 25.7 Å². The number of ether oxygens (including phenoxy) is 1. The standard InChI is InChI=1S/C17H26N2O2.ClH/c1-13(11-18-2)17(20)19-15-9-7-14(8-10-15)12-21-16-5-3-4-6-16;/h7-10,13,16,18H,3-6,11-12H2,1-2H3,(H,19,20);1H. The van der Waals surface area contributed by atoms with Crippen LogP contribution in [0, 0.1) is 5.92 Å². The molecule has 0 radical (unpaired) electrons. The van der Waals surface area contributed by atoms with Crippen LogP contribution >= 0.6 is 12.4 Å². The molecule has 0 spiro atoms. The fraction of sp³-hybridized carbons (Fsp3) is 0.588. The average molecular weight is 327 g/mol. The summed E-state index contributed by atoms with van der Waals surface area (Å²) in [5, 5.41) is 5.94. The van der Waals surface area contributed by atoms with Crippen molar-refractivity contribution in [2.75, 3.05) is 18.9 Å². The van der Waals surface area contributed by atoms with E-state index in [4.69, 9.17) is 4.74 Å². The lowest BCUT2D eigenvalue weighted by molar-refractivity contribution is -0.119. The summed E-state index contributed by atoms with van der Waals surface area (Å²) >= 11 is 0. The van der Waals surface area contributed by atoms with Crippen LogP contribution in [-0.4, -0.2) is 25.6 Å². The van der Waals surface area contributed by atoms with Crippen molar-refractivity contribution in [3.63, 3.8) is 0 Å². The van der Waals surface area contributed by atoms with Crippen LogP contribution in [0.1, 0.15) is 38.2 Å². The van der Waals surface area contributed by atoms with E-state index < -0.39 is 0 Å². The minimum absolute atomic E-state index is 0. The maximum Gasteiger partial charge on any atom is 0.228 e. The van der Waals surface area contributed by atoms with Crippen LogP contribution in [-0.2, 0) is 16.1 Å². The molecule has 2 N–H and O–H groups in total. The van der Waals surface area contributed by atoms with Gasteiger partial charge < -0.3 is 15.4 Å². The Kier molecular flexibility index (Phi) is 8.46.